The van der Waals surface area contributed by atoms with Gasteiger partial charge in [0, 0.05) is 18.1 Å². The molecule has 1 atom stereocenters. The first-order chi connectivity index (χ1) is 14.8. The number of carboxylic acids is 1. The summed E-state index contributed by atoms with van der Waals surface area (Å²) in [5, 5.41) is 10.2. The molecule has 2 aliphatic rings. The summed E-state index contributed by atoms with van der Waals surface area (Å²) >= 11 is 0. The summed E-state index contributed by atoms with van der Waals surface area (Å²) in [6, 6.07) is 6.06. The van der Waals surface area contributed by atoms with Gasteiger partial charge in [0.1, 0.15) is 11.6 Å². The molecule has 6 heteroatoms. The first-order valence-corrected chi connectivity index (χ1v) is 11.7. The van der Waals surface area contributed by atoms with Crippen LogP contribution in [0.25, 0.3) is 10.9 Å². The molecule has 1 saturated heterocycles. The van der Waals surface area contributed by atoms with Gasteiger partial charge in [-0.1, -0.05) is 27.2 Å². The molecule has 31 heavy (non-hydrogen) atoms. The smallest absolute Gasteiger partial charge is 0.307 e. The van der Waals surface area contributed by atoms with Crippen molar-refractivity contribution in [3.8, 4) is 5.75 Å². The van der Waals surface area contributed by atoms with Crippen molar-refractivity contribution in [2.24, 2.45) is 17.3 Å². The fourth-order valence-corrected chi connectivity index (χ4v) is 5.02. The number of ether oxygens (including phenoxy) is 1. The maximum atomic E-state index is 11.2. The van der Waals surface area contributed by atoms with Gasteiger partial charge in [-0.05, 0) is 68.2 Å². The van der Waals surface area contributed by atoms with Crippen LogP contribution in [-0.4, -0.2) is 45.1 Å². The standard InChI is InChI=1S/C25H35N3O3/c1-4-25(2,3)19-5-7-20(8-6-19)31-21-9-10-22-18(13-21)14-26-23(27-22)16-28-12-11-17(15-28)24(29)30/h9-10,13-14,17,19-20H,4-8,11-12,15-16H2,1-3H3,(H,29,30)/t17-,19-,20-/m1/s1. The van der Waals surface area contributed by atoms with Crippen molar-refractivity contribution in [2.75, 3.05) is 13.1 Å². The summed E-state index contributed by atoms with van der Waals surface area (Å²) in [6.45, 7) is 9.03. The largest absolute Gasteiger partial charge is 0.490 e. The van der Waals surface area contributed by atoms with Crippen LogP contribution in [0.5, 0.6) is 5.75 Å². The maximum Gasteiger partial charge on any atom is 0.307 e. The summed E-state index contributed by atoms with van der Waals surface area (Å²) in [4.78, 5) is 22.5. The van der Waals surface area contributed by atoms with E-state index < -0.39 is 5.97 Å². The number of carboxylic acid groups (broad SMARTS) is 1. The summed E-state index contributed by atoms with van der Waals surface area (Å²) in [6.07, 6.45) is 8.79. The van der Waals surface area contributed by atoms with Crippen LogP contribution in [0, 0.1) is 17.3 Å². The van der Waals surface area contributed by atoms with Crippen LogP contribution in [0.3, 0.4) is 0 Å². The second-order valence-corrected chi connectivity index (χ2v) is 10.00. The number of fused-ring (bicyclic) bond motifs is 1. The lowest BCUT2D eigenvalue weighted by atomic mass is 9.69. The van der Waals surface area contributed by atoms with Gasteiger partial charge in [0.2, 0.25) is 0 Å². The zero-order chi connectivity index (χ0) is 22.0. The Labute approximate surface area is 185 Å². The molecule has 1 saturated carbocycles. The molecule has 1 aromatic heterocycles. The fourth-order valence-electron chi connectivity index (χ4n) is 5.02. The van der Waals surface area contributed by atoms with Crippen molar-refractivity contribution in [2.45, 2.75) is 71.9 Å². The molecule has 1 aliphatic carbocycles. The number of hydrogen-bond acceptors (Lipinski definition) is 5. The van der Waals surface area contributed by atoms with Crippen molar-refractivity contribution in [3.63, 3.8) is 0 Å². The van der Waals surface area contributed by atoms with Gasteiger partial charge in [0.15, 0.2) is 0 Å². The summed E-state index contributed by atoms with van der Waals surface area (Å²) in [5.74, 6) is 1.44. The van der Waals surface area contributed by atoms with Crippen molar-refractivity contribution < 1.29 is 14.6 Å². The molecule has 0 spiro atoms. The number of aromatic nitrogens is 2. The van der Waals surface area contributed by atoms with Gasteiger partial charge in [0.25, 0.3) is 0 Å². The van der Waals surface area contributed by atoms with E-state index in [1.165, 1.54) is 19.3 Å². The molecule has 6 nitrogen and oxygen atoms in total. The molecule has 4 rings (SSSR count). The molecular formula is C25H35N3O3. The number of benzene rings is 1. The lowest BCUT2D eigenvalue weighted by Gasteiger charge is -2.38. The highest BCUT2D eigenvalue weighted by molar-refractivity contribution is 5.79. The second kappa shape index (κ2) is 9.11. The molecule has 168 valence electrons. The highest BCUT2D eigenvalue weighted by atomic mass is 16.5. The summed E-state index contributed by atoms with van der Waals surface area (Å²) in [7, 11) is 0. The molecule has 1 aliphatic heterocycles. The van der Waals surface area contributed by atoms with E-state index in [9.17, 15) is 9.90 Å². The predicted molar refractivity (Wildman–Crippen MR) is 121 cm³/mol. The first-order valence-electron chi connectivity index (χ1n) is 11.7. The molecule has 0 unspecified atom stereocenters. The van der Waals surface area contributed by atoms with Crippen molar-refractivity contribution in [1.29, 1.82) is 0 Å². The van der Waals surface area contributed by atoms with E-state index in [2.05, 4.69) is 35.6 Å². The minimum Gasteiger partial charge on any atom is -0.490 e. The van der Waals surface area contributed by atoms with E-state index in [0.29, 0.717) is 31.0 Å². The van der Waals surface area contributed by atoms with Crippen LogP contribution in [0.4, 0.5) is 0 Å². The minimum absolute atomic E-state index is 0.275. The van der Waals surface area contributed by atoms with E-state index in [0.717, 1.165) is 47.8 Å². The number of rotatable bonds is 7. The predicted octanol–water partition coefficient (Wildman–Crippen LogP) is 4.91. The molecule has 2 heterocycles. The SMILES string of the molecule is CCC(C)(C)[C@H]1CC[C@H](Oc2ccc3nc(CN4CC[C@@H](C(=O)O)C4)ncc3c2)CC1. The Morgan fingerprint density at radius 3 is 2.68 bits per heavy atom. The first kappa shape index (κ1) is 22.0. The van der Waals surface area contributed by atoms with E-state index in [1.54, 1.807) is 0 Å². The Kier molecular flexibility index (Phi) is 6.47. The Bertz CT molecular complexity index is 921. The zero-order valence-electron chi connectivity index (χ0n) is 19.0. The van der Waals surface area contributed by atoms with E-state index in [-0.39, 0.29) is 5.92 Å². The van der Waals surface area contributed by atoms with Crippen LogP contribution in [0.2, 0.25) is 0 Å². The van der Waals surface area contributed by atoms with Gasteiger partial charge in [-0.2, -0.15) is 0 Å². The van der Waals surface area contributed by atoms with Crippen LogP contribution in [0.1, 0.15) is 65.1 Å². The molecule has 0 bridgehead atoms. The van der Waals surface area contributed by atoms with Gasteiger partial charge in [-0.25, -0.2) is 9.97 Å². The Morgan fingerprint density at radius 2 is 2.00 bits per heavy atom. The van der Waals surface area contributed by atoms with Crippen molar-refractivity contribution in [3.05, 3.63) is 30.2 Å². The maximum absolute atomic E-state index is 11.2. The van der Waals surface area contributed by atoms with Crippen LogP contribution >= 0.6 is 0 Å². The molecular weight excluding hydrogens is 390 g/mol. The van der Waals surface area contributed by atoms with Crippen LogP contribution < -0.4 is 4.74 Å². The van der Waals surface area contributed by atoms with Crippen molar-refractivity contribution in [1.82, 2.24) is 14.9 Å². The molecule has 0 amide bonds. The third-order valence-corrected chi connectivity index (χ3v) is 7.58. The van der Waals surface area contributed by atoms with Crippen molar-refractivity contribution >= 4 is 16.9 Å². The number of hydrogen-bond donors (Lipinski definition) is 1. The van der Waals surface area contributed by atoms with Gasteiger partial charge >= 0.3 is 5.97 Å². The van der Waals surface area contributed by atoms with Gasteiger partial charge in [-0.15, -0.1) is 0 Å². The normalized spacial score (nSPS) is 25.1. The van der Waals surface area contributed by atoms with E-state index in [1.807, 2.05) is 24.4 Å². The average Bonchev–Trinajstić information content (AvgIpc) is 3.23. The number of aliphatic carboxylic acids is 1. The number of likely N-dealkylation sites (tertiary alicyclic amines) is 1. The van der Waals surface area contributed by atoms with Crippen LogP contribution in [-0.2, 0) is 11.3 Å². The van der Waals surface area contributed by atoms with Gasteiger partial charge < -0.3 is 9.84 Å². The highest BCUT2D eigenvalue weighted by Gasteiger charge is 2.32. The quantitative estimate of drug-likeness (QED) is 0.679. The fraction of sp³-hybridized carbons (Fsp3) is 0.640. The molecule has 1 N–H and O–H groups in total. The number of nitrogens with zero attached hydrogens (tertiary/aromatic N) is 3. The molecule has 1 aromatic carbocycles. The molecule has 2 aromatic rings. The zero-order valence-corrected chi connectivity index (χ0v) is 19.0. The summed E-state index contributed by atoms with van der Waals surface area (Å²) in [5.41, 5.74) is 1.33. The second-order valence-electron chi connectivity index (χ2n) is 10.00. The van der Waals surface area contributed by atoms with Crippen LogP contribution in [0.15, 0.2) is 24.4 Å². The third-order valence-electron chi connectivity index (χ3n) is 7.58. The summed E-state index contributed by atoms with van der Waals surface area (Å²) < 4.78 is 6.31. The van der Waals surface area contributed by atoms with Gasteiger partial charge in [0.05, 0.1) is 24.1 Å². The lowest BCUT2D eigenvalue weighted by Crippen LogP contribution is -2.31. The monoisotopic (exact) mass is 425 g/mol. The Balaban J connectivity index is 1.35. The van der Waals surface area contributed by atoms with Gasteiger partial charge in [-0.3, -0.25) is 9.69 Å². The van der Waals surface area contributed by atoms with E-state index >= 15 is 0 Å². The average molecular weight is 426 g/mol. The number of carbonyl (C=O) groups is 1. The lowest BCUT2D eigenvalue weighted by molar-refractivity contribution is -0.141. The minimum atomic E-state index is -0.711. The third kappa shape index (κ3) is 5.17. The topological polar surface area (TPSA) is 75.5 Å². The molecule has 0 radical (unpaired) electrons. The highest BCUT2D eigenvalue weighted by Crippen LogP contribution is 2.41. The Hall–Kier alpha value is -2.21. The van der Waals surface area contributed by atoms with E-state index in [4.69, 9.17) is 4.74 Å². The molecule has 2 fully saturated rings. The Morgan fingerprint density at radius 1 is 1.23 bits per heavy atom.